The van der Waals surface area contributed by atoms with Crippen molar-refractivity contribution in [2.75, 3.05) is 32.8 Å². The Bertz CT molecular complexity index is 276. The first-order chi connectivity index (χ1) is 7.75. The van der Waals surface area contributed by atoms with Gasteiger partial charge in [0.1, 0.15) is 0 Å². The maximum absolute atomic E-state index is 11.6. The molecule has 1 aliphatic heterocycles. The first-order valence-electron chi connectivity index (χ1n) is 5.88. The van der Waals surface area contributed by atoms with E-state index in [9.17, 15) is 9.59 Å². The Kier molecular flexibility index (Phi) is 3.77. The summed E-state index contributed by atoms with van der Waals surface area (Å²) in [4.78, 5) is 24.3. The zero-order valence-corrected chi connectivity index (χ0v) is 9.41. The minimum absolute atomic E-state index is 0.0131. The van der Waals surface area contributed by atoms with Crippen molar-refractivity contribution in [3.8, 4) is 0 Å². The molecule has 2 amide bonds. The van der Waals surface area contributed by atoms with E-state index in [1.54, 1.807) is 4.90 Å². The molecule has 0 unspecified atom stereocenters. The maximum atomic E-state index is 11.6. The topological polar surface area (TPSA) is 58.6 Å². The number of carbonyl (C=O) groups excluding carboxylic acids is 2. The van der Waals surface area contributed by atoms with E-state index in [0.717, 1.165) is 12.5 Å². The predicted octanol–water partition coefficient (Wildman–Crippen LogP) is -0.238. The highest BCUT2D eigenvalue weighted by molar-refractivity contribution is 5.87. The van der Waals surface area contributed by atoms with Gasteiger partial charge in [0.15, 0.2) is 0 Å². The van der Waals surface area contributed by atoms with Gasteiger partial charge in [0.2, 0.25) is 11.8 Å². The molecule has 0 aromatic rings. The summed E-state index contributed by atoms with van der Waals surface area (Å²) in [7, 11) is 0. The van der Waals surface area contributed by atoms with Crippen LogP contribution in [0.2, 0.25) is 0 Å². The van der Waals surface area contributed by atoms with E-state index in [1.807, 2.05) is 0 Å². The van der Waals surface area contributed by atoms with Gasteiger partial charge in [0.25, 0.3) is 0 Å². The summed E-state index contributed by atoms with van der Waals surface area (Å²) in [5.41, 5.74) is 0. The summed E-state index contributed by atoms with van der Waals surface area (Å²) in [5, 5.41) is 2.57. The number of rotatable bonds is 5. The fraction of sp³-hybridized carbons (Fsp3) is 0.818. The third-order valence-electron chi connectivity index (χ3n) is 2.95. The third kappa shape index (κ3) is 3.48. The fourth-order valence-corrected chi connectivity index (χ4v) is 1.68. The average molecular weight is 226 g/mol. The second kappa shape index (κ2) is 5.30. The van der Waals surface area contributed by atoms with Crippen LogP contribution in [0.25, 0.3) is 0 Å². The van der Waals surface area contributed by atoms with Gasteiger partial charge in [0, 0.05) is 26.1 Å². The molecule has 0 radical (unpaired) electrons. The highest BCUT2D eigenvalue weighted by atomic mass is 16.5. The Morgan fingerprint density at radius 3 is 2.94 bits per heavy atom. The molecule has 0 aromatic carbocycles. The van der Waals surface area contributed by atoms with Gasteiger partial charge in [0.05, 0.1) is 13.2 Å². The maximum Gasteiger partial charge on any atom is 0.242 e. The summed E-state index contributed by atoms with van der Waals surface area (Å²) in [6.07, 6.45) is 2.95. The van der Waals surface area contributed by atoms with Crippen molar-refractivity contribution in [1.29, 1.82) is 0 Å². The minimum Gasteiger partial charge on any atom is -0.379 e. The molecule has 1 aliphatic carbocycles. The average Bonchev–Trinajstić information content (AvgIpc) is 3.08. The van der Waals surface area contributed by atoms with Crippen LogP contribution in [0, 0.1) is 5.92 Å². The Morgan fingerprint density at radius 2 is 2.19 bits per heavy atom. The summed E-state index contributed by atoms with van der Waals surface area (Å²) in [6.45, 7) is 2.63. The molecule has 1 N–H and O–H groups in total. The number of carbonyl (C=O) groups is 2. The molecule has 1 saturated heterocycles. The quantitative estimate of drug-likeness (QED) is 0.658. The second-order valence-electron chi connectivity index (χ2n) is 4.43. The molecule has 5 heteroatoms. The van der Waals surface area contributed by atoms with Gasteiger partial charge in [-0.15, -0.1) is 0 Å². The fourth-order valence-electron chi connectivity index (χ4n) is 1.68. The minimum atomic E-state index is -0.0465. The summed E-state index contributed by atoms with van der Waals surface area (Å²) in [6, 6.07) is 0. The standard InChI is InChI=1S/C11H18N2O3/c14-10-3-4-13(11(15)7-12-10)5-6-16-8-9-1-2-9/h9H,1-8H2,(H,12,14). The number of hydrogen-bond donors (Lipinski definition) is 1. The van der Waals surface area contributed by atoms with E-state index in [4.69, 9.17) is 4.74 Å². The van der Waals surface area contributed by atoms with Crippen molar-refractivity contribution in [3.63, 3.8) is 0 Å². The molecule has 2 rings (SSSR count). The summed E-state index contributed by atoms with van der Waals surface area (Å²) < 4.78 is 5.48. The Labute approximate surface area is 95.1 Å². The van der Waals surface area contributed by atoms with Gasteiger partial charge >= 0.3 is 0 Å². The number of amides is 2. The number of ether oxygens (including phenoxy) is 1. The van der Waals surface area contributed by atoms with Crippen LogP contribution in [-0.2, 0) is 14.3 Å². The lowest BCUT2D eigenvalue weighted by Gasteiger charge is -2.19. The lowest BCUT2D eigenvalue weighted by Crippen LogP contribution is -2.37. The van der Waals surface area contributed by atoms with Crippen LogP contribution in [0.5, 0.6) is 0 Å². The molecule has 90 valence electrons. The van der Waals surface area contributed by atoms with Crippen LogP contribution >= 0.6 is 0 Å². The van der Waals surface area contributed by atoms with E-state index in [0.29, 0.717) is 26.1 Å². The third-order valence-corrected chi connectivity index (χ3v) is 2.95. The SMILES string of the molecule is O=C1CCN(CCOCC2CC2)C(=O)CN1. The Balaban J connectivity index is 1.65. The molecule has 1 saturated carbocycles. The number of nitrogens with zero attached hydrogens (tertiary/aromatic N) is 1. The van der Waals surface area contributed by atoms with Gasteiger partial charge in [-0.2, -0.15) is 0 Å². The van der Waals surface area contributed by atoms with Crippen molar-refractivity contribution >= 4 is 11.8 Å². The molecule has 0 atom stereocenters. The molecule has 0 aromatic heterocycles. The molecule has 0 spiro atoms. The molecular formula is C11H18N2O3. The van der Waals surface area contributed by atoms with E-state index in [1.165, 1.54) is 12.8 Å². The van der Waals surface area contributed by atoms with Crippen molar-refractivity contribution in [3.05, 3.63) is 0 Å². The van der Waals surface area contributed by atoms with Gasteiger partial charge in [-0.25, -0.2) is 0 Å². The van der Waals surface area contributed by atoms with E-state index in [2.05, 4.69) is 5.32 Å². The van der Waals surface area contributed by atoms with Crippen molar-refractivity contribution in [1.82, 2.24) is 10.2 Å². The van der Waals surface area contributed by atoms with Crippen LogP contribution < -0.4 is 5.32 Å². The van der Waals surface area contributed by atoms with E-state index >= 15 is 0 Å². The van der Waals surface area contributed by atoms with Crippen LogP contribution in [-0.4, -0.2) is 49.6 Å². The van der Waals surface area contributed by atoms with E-state index in [-0.39, 0.29) is 18.4 Å². The van der Waals surface area contributed by atoms with Crippen LogP contribution in [0.1, 0.15) is 19.3 Å². The Hall–Kier alpha value is -1.10. The lowest BCUT2D eigenvalue weighted by atomic mass is 10.4. The molecule has 1 heterocycles. The van der Waals surface area contributed by atoms with Gasteiger partial charge in [-0.3, -0.25) is 9.59 Å². The first kappa shape index (κ1) is 11.4. The zero-order valence-electron chi connectivity index (χ0n) is 9.41. The molecular weight excluding hydrogens is 208 g/mol. The highest BCUT2D eigenvalue weighted by Crippen LogP contribution is 2.28. The summed E-state index contributed by atoms with van der Waals surface area (Å²) >= 11 is 0. The molecule has 5 nitrogen and oxygen atoms in total. The smallest absolute Gasteiger partial charge is 0.242 e. The summed E-state index contributed by atoms with van der Waals surface area (Å²) in [5.74, 6) is 0.693. The van der Waals surface area contributed by atoms with Crippen LogP contribution in [0.3, 0.4) is 0 Å². The molecule has 2 fully saturated rings. The van der Waals surface area contributed by atoms with Crippen molar-refractivity contribution in [2.45, 2.75) is 19.3 Å². The van der Waals surface area contributed by atoms with Gasteiger partial charge in [-0.05, 0) is 18.8 Å². The molecule has 0 bridgehead atoms. The van der Waals surface area contributed by atoms with Gasteiger partial charge in [-0.1, -0.05) is 0 Å². The van der Waals surface area contributed by atoms with Crippen molar-refractivity contribution < 1.29 is 14.3 Å². The first-order valence-corrected chi connectivity index (χ1v) is 5.88. The largest absolute Gasteiger partial charge is 0.379 e. The van der Waals surface area contributed by atoms with Gasteiger partial charge < -0.3 is 15.0 Å². The molecule has 16 heavy (non-hydrogen) atoms. The number of hydrogen-bond acceptors (Lipinski definition) is 3. The predicted molar refractivity (Wildman–Crippen MR) is 57.7 cm³/mol. The lowest BCUT2D eigenvalue weighted by molar-refractivity contribution is -0.130. The second-order valence-corrected chi connectivity index (χ2v) is 4.43. The van der Waals surface area contributed by atoms with Crippen LogP contribution in [0.15, 0.2) is 0 Å². The number of nitrogens with one attached hydrogen (secondary N) is 1. The Morgan fingerprint density at radius 1 is 1.38 bits per heavy atom. The van der Waals surface area contributed by atoms with E-state index < -0.39 is 0 Å². The monoisotopic (exact) mass is 226 g/mol. The zero-order chi connectivity index (χ0) is 11.4. The van der Waals surface area contributed by atoms with Crippen molar-refractivity contribution in [2.24, 2.45) is 5.92 Å². The normalized spacial score (nSPS) is 21.9. The molecule has 2 aliphatic rings. The van der Waals surface area contributed by atoms with Crippen LogP contribution in [0.4, 0.5) is 0 Å². The highest BCUT2D eigenvalue weighted by Gasteiger charge is 2.22.